The van der Waals surface area contributed by atoms with E-state index in [9.17, 15) is 0 Å². The van der Waals surface area contributed by atoms with E-state index >= 15 is 0 Å². The number of ether oxygens (including phenoxy) is 1. The Hall–Kier alpha value is -1.25. The van der Waals surface area contributed by atoms with Crippen LogP contribution >= 0.6 is 0 Å². The molecule has 0 aliphatic heterocycles. The molecule has 1 N–H and O–H groups in total. The maximum Gasteiger partial charge on any atom is 0.169 e. The summed E-state index contributed by atoms with van der Waals surface area (Å²) < 4.78 is 5.50. The van der Waals surface area contributed by atoms with Crippen LogP contribution in [0.3, 0.4) is 0 Å². The van der Waals surface area contributed by atoms with Gasteiger partial charge in [-0.05, 0) is 39.3 Å². The summed E-state index contributed by atoms with van der Waals surface area (Å²) in [5, 5.41) is 3.39. The van der Waals surface area contributed by atoms with Gasteiger partial charge in [-0.1, -0.05) is 6.92 Å². The molecule has 0 radical (unpaired) electrons. The highest BCUT2D eigenvalue weighted by Gasteiger charge is 2.17. The number of anilines is 1. The summed E-state index contributed by atoms with van der Waals surface area (Å²) in [7, 11) is 0. The number of hydrogen-bond acceptors (Lipinski definition) is 3. The molecule has 0 saturated heterocycles. The Morgan fingerprint density at radius 2 is 2.13 bits per heavy atom. The van der Waals surface area contributed by atoms with Crippen LogP contribution in [-0.2, 0) is 0 Å². The molecule has 3 nitrogen and oxygen atoms in total. The topological polar surface area (TPSA) is 34.1 Å². The Morgan fingerprint density at radius 3 is 2.73 bits per heavy atom. The molecule has 0 unspecified atom stereocenters. The van der Waals surface area contributed by atoms with Crippen LogP contribution in [0.2, 0.25) is 0 Å². The second-order valence-corrected chi connectivity index (χ2v) is 4.15. The van der Waals surface area contributed by atoms with Gasteiger partial charge < -0.3 is 10.1 Å². The monoisotopic (exact) mass is 208 g/mol. The van der Waals surface area contributed by atoms with Gasteiger partial charge in [-0.15, -0.1) is 0 Å². The van der Waals surface area contributed by atoms with Crippen LogP contribution in [0.1, 0.15) is 34.1 Å². The summed E-state index contributed by atoms with van der Waals surface area (Å²) in [5.74, 6) is 1.65. The van der Waals surface area contributed by atoms with Gasteiger partial charge in [0.25, 0.3) is 0 Å². The fourth-order valence-electron chi connectivity index (χ4n) is 1.17. The summed E-state index contributed by atoms with van der Waals surface area (Å²) in [6.07, 6.45) is 2.81. The summed E-state index contributed by atoms with van der Waals surface area (Å²) in [5.41, 5.74) is 0.0419. The fraction of sp³-hybridized carbons (Fsp3) is 0.583. The molecule has 15 heavy (non-hydrogen) atoms. The van der Waals surface area contributed by atoms with Gasteiger partial charge in [0.1, 0.15) is 0 Å². The first-order valence-electron chi connectivity index (χ1n) is 5.45. The molecule has 0 amide bonds. The average Bonchev–Trinajstić information content (AvgIpc) is 2.21. The summed E-state index contributed by atoms with van der Waals surface area (Å²) in [6, 6.07) is 3.82. The predicted octanol–water partition coefficient (Wildman–Crippen LogP) is 3.08. The lowest BCUT2D eigenvalue weighted by Crippen LogP contribution is -2.30. The minimum Gasteiger partial charge on any atom is -0.490 e. The van der Waals surface area contributed by atoms with Gasteiger partial charge in [0.05, 0.1) is 6.61 Å². The number of nitrogens with zero attached hydrogens (tertiary/aromatic N) is 1. The summed E-state index contributed by atoms with van der Waals surface area (Å²) >= 11 is 0. The van der Waals surface area contributed by atoms with Gasteiger partial charge in [0.15, 0.2) is 11.6 Å². The molecule has 1 rings (SSSR count). The molecule has 0 aromatic carbocycles. The normalized spacial score (nSPS) is 11.2. The van der Waals surface area contributed by atoms with Crippen LogP contribution in [0, 0.1) is 0 Å². The van der Waals surface area contributed by atoms with E-state index in [0.717, 1.165) is 18.0 Å². The van der Waals surface area contributed by atoms with Crippen LogP contribution in [0.25, 0.3) is 0 Å². The molecule has 0 aliphatic rings. The second-order valence-electron chi connectivity index (χ2n) is 4.15. The maximum absolute atomic E-state index is 5.50. The molecule has 0 fully saturated rings. The zero-order valence-corrected chi connectivity index (χ0v) is 10.0. The minimum absolute atomic E-state index is 0.0419. The molecular formula is C12H20N2O. The first kappa shape index (κ1) is 11.8. The summed E-state index contributed by atoms with van der Waals surface area (Å²) in [4.78, 5) is 4.29. The van der Waals surface area contributed by atoms with Gasteiger partial charge in [-0.2, -0.15) is 0 Å². The van der Waals surface area contributed by atoms with E-state index in [2.05, 4.69) is 31.1 Å². The van der Waals surface area contributed by atoms with E-state index in [1.165, 1.54) is 0 Å². The van der Waals surface area contributed by atoms with Gasteiger partial charge in [-0.3, -0.25) is 0 Å². The molecule has 84 valence electrons. The number of pyridine rings is 1. The van der Waals surface area contributed by atoms with Crippen molar-refractivity contribution >= 4 is 5.82 Å². The third kappa shape index (κ3) is 3.42. The second kappa shape index (κ2) is 5.01. The summed E-state index contributed by atoms with van der Waals surface area (Å²) in [6.45, 7) is 9.08. The first-order valence-corrected chi connectivity index (χ1v) is 5.45. The molecule has 0 bridgehead atoms. The lowest BCUT2D eigenvalue weighted by Gasteiger charge is -2.26. The van der Waals surface area contributed by atoms with Crippen molar-refractivity contribution in [2.75, 3.05) is 11.9 Å². The molecule has 3 heteroatoms. The van der Waals surface area contributed by atoms with Crippen molar-refractivity contribution in [2.45, 2.75) is 39.7 Å². The third-order valence-electron chi connectivity index (χ3n) is 2.41. The van der Waals surface area contributed by atoms with Crippen LogP contribution in [0.4, 0.5) is 5.82 Å². The molecule has 1 heterocycles. The van der Waals surface area contributed by atoms with Crippen molar-refractivity contribution < 1.29 is 4.74 Å². The SMILES string of the molecule is CCOc1cccnc1NC(C)(C)CC. The van der Waals surface area contributed by atoms with E-state index in [0.29, 0.717) is 6.61 Å². The van der Waals surface area contributed by atoms with E-state index in [1.54, 1.807) is 6.20 Å². The zero-order chi connectivity index (χ0) is 11.3. The Balaban J connectivity index is 2.84. The number of rotatable bonds is 5. The van der Waals surface area contributed by atoms with Crippen molar-refractivity contribution in [3.05, 3.63) is 18.3 Å². The van der Waals surface area contributed by atoms with E-state index < -0.39 is 0 Å². The Bertz CT molecular complexity index is 310. The lowest BCUT2D eigenvalue weighted by molar-refractivity contribution is 0.339. The van der Waals surface area contributed by atoms with Crippen molar-refractivity contribution in [1.82, 2.24) is 4.98 Å². The predicted molar refractivity (Wildman–Crippen MR) is 63.4 cm³/mol. The van der Waals surface area contributed by atoms with Crippen molar-refractivity contribution in [3.63, 3.8) is 0 Å². The highest BCUT2D eigenvalue weighted by molar-refractivity contribution is 5.50. The largest absolute Gasteiger partial charge is 0.490 e. The minimum atomic E-state index is 0.0419. The van der Waals surface area contributed by atoms with E-state index in [-0.39, 0.29) is 5.54 Å². The van der Waals surface area contributed by atoms with Crippen molar-refractivity contribution in [3.8, 4) is 5.75 Å². The van der Waals surface area contributed by atoms with Crippen LogP contribution < -0.4 is 10.1 Å². The van der Waals surface area contributed by atoms with E-state index in [1.807, 2.05) is 19.1 Å². The molecule has 0 atom stereocenters. The van der Waals surface area contributed by atoms with Gasteiger partial charge >= 0.3 is 0 Å². The highest BCUT2D eigenvalue weighted by Crippen LogP contribution is 2.25. The number of aromatic nitrogens is 1. The van der Waals surface area contributed by atoms with Crippen molar-refractivity contribution in [1.29, 1.82) is 0 Å². The fourth-order valence-corrected chi connectivity index (χ4v) is 1.17. The molecule has 1 aromatic rings. The van der Waals surface area contributed by atoms with E-state index in [4.69, 9.17) is 4.74 Å². The quantitative estimate of drug-likeness (QED) is 0.807. The van der Waals surface area contributed by atoms with Crippen LogP contribution in [0.15, 0.2) is 18.3 Å². The zero-order valence-electron chi connectivity index (χ0n) is 10.0. The average molecular weight is 208 g/mol. The van der Waals surface area contributed by atoms with Crippen LogP contribution in [0.5, 0.6) is 5.75 Å². The molecule has 0 aliphatic carbocycles. The number of hydrogen-bond donors (Lipinski definition) is 1. The lowest BCUT2D eigenvalue weighted by atomic mass is 10.0. The van der Waals surface area contributed by atoms with Gasteiger partial charge in [0, 0.05) is 11.7 Å². The van der Waals surface area contributed by atoms with Gasteiger partial charge in [0.2, 0.25) is 0 Å². The molecular weight excluding hydrogens is 188 g/mol. The highest BCUT2D eigenvalue weighted by atomic mass is 16.5. The maximum atomic E-state index is 5.50. The smallest absolute Gasteiger partial charge is 0.169 e. The Kier molecular flexibility index (Phi) is 3.95. The molecule has 1 aromatic heterocycles. The number of nitrogens with one attached hydrogen (secondary N) is 1. The Morgan fingerprint density at radius 1 is 1.40 bits per heavy atom. The standard InChI is InChI=1S/C12H20N2O/c1-5-12(3,4)14-11-10(15-6-2)8-7-9-13-11/h7-9H,5-6H2,1-4H3,(H,13,14). The first-order chi connectivity index (χ1) is 7.09. The van der Waals surface area contributed by atoms with Crippen molar-refractivity contribution in [2.24, 2.45) is 0 Å². The third-order valence-corrected chi connectivity index (χ3v) is 2.41. The Labute approximate surface area is 91.9 Å². The molecule has 0 saturated carbocycles. The molecule has 0 spiro atoms. The van der Waals surface area contributed by atoms with Gasteiger partial charge in [-0.25, -0.2) is 4.98 Å². The van der Waals surface area contributed by atoms with Crippen LogP contribution in [-0.4, -0.2) is 17.1 Å².